The van der Waals surface area contributed by atoms with Crippen molar-refractivity contribution in [1.29, 1.82) is 0 Å². The maximum Gasteiger partial charge on any atom is 0.289 e. The molecule has 2 aromatic rings. The fourth-order valence-electron chi connectivity index (χ4n) is 3.25. The Kier molecular flexibility index (Phi) is 4.06. The molecule has 1 atom stereocenters. The minimum Gasteiger partial charge on any atom is -0.438 e. The van der Waals surface area contributed by atoms with E-state index in [1.54, 1.807) is 0 Å². The third-order valence-corrected chi connectivity index (χ3v) is 4.96. The molecule has 4 rings (SSSR count). The number of hydrogen-bond acceptors (Lipinski definition) is 4. The maximum absolute atomic E-state index is 12.7. The van der Waals surface area contributed by atoms with Gasteiger partial charge in [0.15, 0.2) is 6.39 Å². The van der Waals surface area contributed by atoms with Gasteiger partial charge in [0, 0.05) is 17.5 Å². The number of halogens is 1. The molecule has 1 aliphatic carbocycles. The van der Waals surface area contributed by atoms with Crippen molar-refractivity contribution in [3.8, 4) is 0 Å². The number of ether oxygens (including phenoxy) is 1. The Labute approximate surface area is 145 Å². The van der Waals surface area contributed by atoms with Crippen LogP contribution in [0.1, 0.15) is 47.0 Å². The fraction of sp³-hybridized carbons (Fsp3) is 0.444. The number of aromatic nitrogens is 1. The average Bonchev–Trinajstić information content (AvgIpc) is 3.12. The molecule has 1 saturated heterocycles. The Morgan fingerprint density at radius 2 is 2.12 bits per heavy atom. The summed E-state index contributed by atoms with van der Waals surface area (Å²) in [7, 11) is 0. The van der Waals surface area contributed by atoms with Crippen LogP contribution in [0.5, 0.6) is 0 Å². The van der Waals surface area contributed by atoms with E-state index in [0.29, 0.717) is 36.3 Å². The largest absolute Gasteiger partial charge is 0.438 e. The number of amides is 1. The van der Waals surface area contributed by atoms with Gasteiger partial charge in [-0.25, -0.2) is 4.98 Å². The van der Waals surface area contributed by atoms with Crippen molar-refractivity contribution in [1.82, 2.24) is 10.3 Å². The van der Waals surface area contributed by atoms with E-state index in [1.165, 1.54) is 6.39 Å². The number of nitrogens with one attached hydrogen (secondary N) is 1. The number of carbonyl (C=O) groups is 1. The lowest BCUT2D eigenvalue weighted by atomic mass is 9.89. The summed E-state index contributed by atoms with van der Waals surface area (Å²) in [5.41, 5.74) is 1.48. The van der Waals surface area contributed by atoms with Gasteiger partial charge < -0.3 is 14.5 Å². The average molecular weight is 347 g/mol. The molecule has 1 amide bonds. The highest BCUT2D eigenvalue weighted by molar-refractivity contribution is 6.30. The summed E-state index contributed by atoms with van der Waals surface area (Å²) in [6.45, 7) is 1.13. The summed E-state index contributed by atoms with van der Waals surface area (Å²) >= 11 is 5.95. The Hall–Kier alpha value is -1.85. The second-order valence-corrected chi connectivity index (χ2v) is 7.12. The molecule has 1 unspecified atom stereocenters. The van der Waals surface area contributed by atoms with Gasteiger partial charge in [-0.3, -0.25) is 4.79 Å². The van der Waals surface area contributed by atoms with Crippen LogP contribution in [0, 0.1) is 0 Å². The van der Waals surface area contributed by atoms with Crippen LogP contribution < -0.4 is 5.32 Å². The molecule has 5 nitrogen and oxygen atoms in total. The van der Waals surface area contributed by atoms with Crippen LogP contribution in [0.3, 0.4) is 0 Å². The first-order chi connectivity index (χ1) is 11.7. The number of hydrogen-bond donors (Lipinski definition) is 1. The summed E-state index contributed by atoms with van der Waals surface area (Å²) in [5.74, 6) is 0.519. The molecule has 0 spiro atoms. The number of carbonyl (C=O) groups excluding carboxylic acids is 1. The van der Waals surface area contributed by atoms with E-state index in [0.717, 1.165) is 30.5 Å². The van der Waals surface area contributed by atoms with Crippen LogP contribution in [-0.4, -0.2) is 29.6 Å². The molecule has 2 fully saturated rings. The van der Waals surface area contributed by atoms with Gasteiger partial charge in [-0.1, -0.05) is 23.7 Å². The van der Waals surface area contributed by atoms with Crippen LogP contribution in [0.4, 0.5) is 0 Å². The van der Waals surface area contributed by atoms with Crippen LogP contribution in [0.25, 0.3) is 0 Å². The molecule has 1 saturated carbocycles. The lowest BCUT2D eigenvalue weighted by molar-refractivity contribution is 0.0848. The number of nitrogens with zero attached hydrogens (tertiary/aromatic N) is 1. The molecule has 1 N–H and O–H groups in total. The first kappa shape index (κ1) is 15.7. The van der Waals surface area contributed by atoms with Crippen molar-refractivity contribution in [3.05, 3.63) is 52.7 Å². The van der Waals surface area contributed by atoms with Crippen molar-refractivity contribution in [2.24, 2.45) is 0 Å². The highest BCUT2D eigenvalue weighted by Crippen LogP contribution is 2.41. The first-order valence-electron chi connectivity index (χ1n) is 8.23. The maximum atomic E-state index is 12.7. The molecule has 1 aliphatic heterocycles. The molecule has 2 aliphatic rings. The van der Waals surface area contributed by atoms with Gasteiger partial charge in [0.1, 0.15) is 0 Å². The van der Waals surface area contributed by atoms with Crippen LogP contribution >= 0.6 is 11.6 Å². The molecule has 2 heterocycles. The Bertz CT molecular complexity index is 731. The molecule has 0 bridgehead atoms. The van der Waals surface area contributed by atoms with E-state index in [4.69, 9.17) is 20.8 Å². The van der Waals surface area contributed by atoms with Gasteiger partial charge in [-0.05, 0) is 43.4 Å². The molecule has 126 valence electrons. The fourth-order valence-corrected chi connectivity index (χ4v) is 3.38. The van der Waals surface area contributed by atoms with Crippen molar-refractivity contribution in [2.45, 2.75) is 37.1 Å². The molecular weight excluding hydrogens is 328 g/mol. The summed E-state index contributed by atoms with van der Waals surface area (Å²) < 4.78 is 10.9. The van der Waals surface area contributed by atoms with Crippen LogP contribution in [0.15, 0.2) is 35.1 Å². The van der Waals surface area contributed by atoms with Crippen molar-refractivity contribution in [2.75, 3.05) is 13.2 Å². The summed E-state index contributed by atoms with van der Waals surface area (Å²) in [6, 6.07) is 7.70. The van der Waals surface area contributed by atoms with Gasteiger partial charge in [0.2, 0.25) is 5.76 Å². The summed E-state index contributed by atoms with van der Waals surface area (Å²) in [4.78, 5) is 17.0. The van der Waals surface area contributed by atoms with E-state index in [-0.39, 0.29) is 5.91 Å². The van der Waals surface area contributed by atoms with Crippen molar-refractivity contribution >= 4 is 17.5 Å². The van der Waals surface area contributed by atoms with E-state index in [9.17, 15) is 4.79 Å². The highest BCUT2D eigenvalue weighted by Gasteiger charge is 2.39. The van der Waals surface area contributed by atoms with Gasteiger partial charge >= 0.3 is 0 Å². The smallest absolute Gasteiger partial charge is 0.289 e. The molecular formula is C18H19ClN2O3. The van der Waals surface area contributed by atoms with Gasteiger partial charge in [0.25, 0.3) is 5.91 Å². The Balaban J connectivity index is 1.53. The zero-order chi connectivity index (χ0) is 16.6. The zero-order valence-corrected chi connectivity index (χ0v) is 14.0. The summed E-state index contributed by atoms with van der Waals surface area (Å²) in [5, 5.41) is 3.85. The second kappa shape index (κ2) is 6.22. The summed E-state index contributed by atoms with van der Waals surface area (Å²) in [6.07, 6.45) is 4.98. The standard InChI is InChI=1S/C18H19ClN2O3/c19-14-5-1-12(2-6-14)9-18(7-8-23-10-18)21-17(22)16-15(13-3-4-13)20-11-24-16/h1-2,5-6,11,13H,3-4,7-10H2,(H,21,22). The van der Waals surface area contributed by atoms with E-state index >= 15 is 0 Å². The van der Waals surface area contributed by atoms with E-state index < -0.39 is 5.54 Å². The predicted octanol–water partition coefficient (Wildman–Crippen LogP) is 3.34. The molecule has 1 aromatic heterocycles. The first-order valence-corrected chi connectivity index (χ1v) is 8.61. The Morgan fingerprint density at radius 3 is 2.79 bits per heavy atom. The minimum atomic E-state index is -0.418. The molecule has 0 radical (unpaired) electrons. The van der Waals surface area contributed by atoms with E-state index in [2.05, 4.69) is 10.3 Å². The van der Waals surface area contributed by atoms with Crippen molar-refractivity contribution in [3.63, 3.8) is 0 Å². The topological polar surface area (TPSA) is 64.4 Å². The van der Waals surface area contributed by atoms with Crippen molar-refractivity contribution < 1.29 is 13.9 Å². The zero-order valence-electron chi connectivity index (χ0n) is 13.3. The SMILES string of the molecule is O=C(NC1(Cc2ccc(Cl)cc2)CCOC1)c1ocnc1C1CC1. The monoisotopic (exact) mass is 346 g/mol. The Morgan fingerprint density at radius 1 is 1.33 bits per heavy atom. The lowest BCUT2D eigenvalue weighted by Gasteiger charge is -2.28. The molecule has 24 heavy (non-hydrogen) atoms. The highest BCUT2D eigenvalue weighted by atomic mass is 35.5. The molecule has 1 aromatic carbocycles. The minimum absolute atomic E-state index is 0.200. The third kappa shape index (κ3) is 3.19. The van der Waals surface area contributed by atoms with E-state index in [1.807, 2.05) is 24.3 Å². The number of rotatable bonds is 5. The lowest BCUT2D eigenvalue weighted by Crippen LogP contribution is -2.50. The van der Waals surface area contributed by atoms with Gasteiger partial charge in [0.05, 0.1) is 17.8 Å². The number of oxazole rings is 1. The quantitative estimate of drug-likeness (QED) is 0.901. The normalized spacial score (nSPS) is 23.4. The predicted molar refractivity (Wildman–Crippen MR) is 89.3 cm³/mol. The van der Waals surface area contributed by atoms with Crippen LogP contribution in [-0.2, 0) is 11.2 Å². The van der Waals surface area contributed by atoms with Gasteiger partial charge in [-0.15, -0.1) is 0 Å². The number of benzene rings is 1. The third-order valence-electron chi connectivity index (χ3n) is 4.70. The van der Waals surface area contributed by atoms with Gasteiger partial charge in [-0.2, -0.15) is 0 Å². The van der Waals surface area contributed by atoms with Crippen LogP contribution in [0.2, 0.25) is 5.02 Å². The second-order valence-electron chi connectivity index (χ2n) is 6.68. The molecule has 6 heteroatoms.